The highest BCUT2D eigenvalue weighted by atomic mass is 16.5. The molecule has 2 fully saturated rings. The lowest BCUT2D eigenvalue weighted by molar-refractivity contribution is 0.0810. The third-order valence-corrected chi connectivity index (χ3v) is 7.96. The second-order valence-electron chi connectivity index (χ2n) is 9.76. The van der Waals surface area contributed by atoms with Gasteiger partial charge in [0, 0.05) is 0 Å². The maximum absolute atomic E-state index is 10.4. The molecule has 1 N–H and O–H groups in total. The molecule has 2 atom stereocenters. The Hall–Kier alpha value is -1.38. The van der Waals surface area contributed by atoms with Gasteiger partial charge in [0.15, 0.2) is 0 Å². The van der Waals surface area contributed by atoms with Gasteiger partial charge in [-0.1, -0.05) is 68.9 Å². The lowest BCUT2D eigenvalue weighted by Gasteiger charge is -2.41. The molecule has 0 saturated heterocycles. The van der Waals surface area contributed by atoms with Crippen LogP contribution in [0.25, 0.3) is 0 Å². The summed E-state index contributed by atoms with van der Waals surface area (Å²) in [5.41, 5.74) is 5.47. The molecule has 3 aliphatic rings. The Morgan fingerprint density at radius 1 is 1.17 bits per heavy atom. The molecule has 0 aromatic rings. The fraction of sp³-hybridized carbons (Fsp3) is 0.643. The molecule has 0 radical (unpaired) electrons. The van der Waals surface area contributed by atoms with Gasteiger partial charge >= 0.3 is 0 Å². The second kappa shape index (κ2) is 10.3. The summed E-state index contributed by atoms with van der Waals surface area (Å²) in [6, 6.07) is 0. The van der Waals surface area contributed by atoms with Gasteiger partial charge < -0.3 is 9.84 Å². The summed E-state index contributed by atoms with van der Waals surface area (Å²) >= 11 is 0. The predicted molar refractivity (Wildman–Crippen MR) is 127 cm³/mol. The van der Waals surface area contributed by atoms with Crippen LogP contribution in [-0.4, -0.2) is 23.9 Å². The Kier molecular flexibility index (Phi) is 7.98. The minimum Gasteiger partial charge on any atom is -0.386 e. The first kappa shape index (κ1) is 23.3. The first-order valence-corrected chi connectivity index (χ1v) is 12.2. The number of hydrogen-bond donors (Lipinski definition) is 1. The average Bonchev–Trinajstić information content (AvgIpc) is 3.09. The van der Waals surface area contributed by atoms with Crippen molar-refractivity contribution in [2.75, 3.05) is 13.2 Å². The topological polar surface area (TPSA) is 29.5 Å². The van der Waals surface area contributed by atoms with Crippen molar-refractivity contribution in [2.45, 2.75) is 90.6 Å². The zero-order chi connectivity index (χ0) is 21.6. The Bertz CT molecular complexity index is 732. The van der Waals surface area contributed by atoms with Gasteiger partial charge in [-0.25, -0.2) is 0 Å². The van der Waals surface area contributed by atoms with Gasteiger partial charge in [-0.2, -0.15) is 0 Å². The predicted octanol–water partition coefficient (Wildman–Crippen LogP) is 7.23. The van der Waals surface area contributed by atoms with Gasteiger partial charge in [0.2, 0.25) is 0 Å². The summed E-state index contributed by atoms with van der Waals surface area (Å²) in [5.74, 6) is 0.624. The number of aliphatic hydroxyl groups is 1. The van der Waals surface area contributed by atoms with Crippen LogP contribution >= 0.6 is 0 Å². The van der Waals surface area contributed by atoms with Gasteiger partial charge in [0.25, 0.3) is 0 Å². The zero-order valence-corrected chi connectivity index (χ0v) is 19.5. The van der Waals surface area contributed by atoms with Crippen LogP contribution in [0.2, 0.25) is 0 Å². The van der Waals surface area contributed by atoms with Gasteiger partial charge in [-0.15, -0.1) is 0 Å². The normalized spacial score (nSPS) is 30.3. The van der Waals surface area contributed by atoms with Crippen molar-refractivity contribution in [3.63, 3.8) is 0 Å². The van der Waals surface area contributed by atoms with Gasteiger partial charge in [-0.3, -0.25) is 0 Å². The minimum atomic E-state index is -0.686. The van der Waals surface area contributed by atoms with Crippen LogP contribution < -0.4 is 0 Å². The molecule has 3 aliphatic carbocycles. The van der Waals surface area contributed by atoms with Crippen LogP contribution in [0.4, 0.5) is 0 Å². The van der Waals surface area contributed by atoms with E-state index in [1.165, 1.54) is 61.7 Å². The highest BCUT2D eigenvalue weighted by molar-refractivity contribution is 5.37. The van der Waals surface area contributed by atoms with E-state index in [0.717, 1.165) is 19.3 Å². The van der Waals surface area contributed by atoms with Crippen molar-refractivity contribution in [2.24, 2.45) is 11.3 Å². The molecule has 166 valence electrons. The Morgan fingerprint density at radius 3 is 2.67 bits per heavy atom. The number of allylic oxidation sites excluding steroid dienone is 6. The first-order chi connectivity index (χ1) is 14.4. The molecular formula is C28H42O2. The van der Waals surface area contributed by atoms with Gasteiger partial charge in [0.05, 0.1) is 18.8 Å². The van der Waals surface area contributed by atoms with Crippen LogP contribution in [0, 0.1) is 11.3 Å². The molecule has 2 heteroatoms. The van der Waals surface area contributed by atoms with Crippen molar-refractivity contribution < 1.29 is 9.84 Å². The number of ether oxygens (including phenoxy) is 1. The summed E-state index contributed by atoms with van der Waals surface area (Å²) < 4.78 is 6.01. The fourth-order valence-corrected chi connectivity index (χ4v) is 5.52. The molecule has 0 heterocycles. The van der Waals surface area contributed by atoms with Gasteiger partial charge in [0.1, 0.15) is 0 Å². The SMILES string of the molecule is C=C1CCCC/C1=C/C=C1\CCC[C@]2(C)C(COC/C=C\C(O)(CC)CC)=CCC12. The largest absolute Gasteiger partial charge is 0.386 e. The molecule has 1 unspecified atom stereocenters. The molecule has 3 rings (SSSR count). The molecule has 30 heavy (non-hydrogen) atoms. The van der Waals surface area contributed by atoms with Crippen LogP contribution in [0.1, 0.15) is 85.0 Å². The van der Waals surface area contributed by atoms with Crippen molar-refractivity contribution in [3.05, 3.63) is 59.3 Å². The zero-order valence-electron chi connectivity index (χ0n) is 19.5. The third kappa shape index (κ3) is 5.26. The van der Waals surface area contributed by atoms with E-state index in [-0.39, 0.29) is 5.41 Å². The van der Waals surface area contributed by atoms with E-state index < -0.39 is 5.60 Å². The maximum Gasteiger partial charge on any atom is 0.0823 e. The van der Waals surface area contributed by atoms with Crippen LogP contribution in [0.5, 0.6) is 0 Å². The molecule has 2 saturated carbocycles. The standard InChI is InChI=1S/C28H42O2/c1-5-28(29,6-2)19-10-20-30-21-25-16-17-26-24(13-9-18-27(25,26)4)15-14-23-12-8-7-11-22(23)3/h10,14-16,19,26,29H,3,5-9,11-13,17-18,20-21H2,1-2,4H3/b19-10-,23-14-,24-15+/t26?,27-/m1/s1. The summed E-state index contributed by atoms with van der Waals surface area (Å²) in [7, 11) is 0. The van der Waals surface area contributed by atoms with Crippen LogP contribution in [0.3, 0.4) is 0 Å². The monoisotopic (exact) mass is 410 g/mol. The number of rotatable bonds is 8. The fourth-order valence-electron chi connectivity index (χ4n) is 5.52. The molecule has 0 aromatic heterocycles. The minimum absolute atomic E-state index is 0.240. The highest BCUT2D eigenvalue weighted by Crippen LogP contribution is 2.54. The van der Waals surface area contributed by atoms with E-state index in [0.29, 0.717) is 19.1 Å². The molecule has 2 nitrogen and oxygen atoms in total. The van der Waals surface area contributed by atoms with E-state index in [2.05, 4.69) is 31.7 Å². The van der Waals surface area contributed by atoms with E-state index in [4.69, 9.17) is 4.74 Å². The molecule has 0 bridgehead atoms. The van der Waals surface area contributed by atoms with Crippen molar-refractivity contribution in [3.8, 4) is 0 Å². The second-order valence-corrected chi connectivity index (χ2v) is 9.76. The quantitative estimate of drug-likeness (QED) is 0.338. The Morgan fingerprint density at radius 2 is 1.93 bits per heavy atom. The van der Waals surface area contributed by atoms with E-state index in [1.807, 2.05) is 26.0 Å². The van der Waals surface area contributed by atoms with Crippen molar-refractivity contribution in [1.29, 1.82) is 0 Å². The van der Waals surface area contributed by atoms with E-state index in [9.17, 15) is 5.11 Å². The Labute approximate surface area is 184 Å². The molecule has 0 aliphatic heterocycles. The smallest absolute Gasteiger partial charge is 0.0823 e. The summed E-state index contributed by atoms with van der Waals surface area (Å²) in [6.07, 6.45) is 22.5. The third-order valence-electron chi connectivity index (χ3n) is 7.96. The first-order valence-electron chi connectivity index (χ1n) is 12.2. The molecule has 0 amide bonds. The number of hydrogen-bond acceptors (Lipinski definition) is 2. The average molecular weight is 411 g/mol. The molecule has 0 spiro atoms. The van der Waals surface area contributed by atoms with Crippen molar-refractivity contribution in [1.82, 2.24) is 0 Å². The lowest BCUT2D eigenvalue weighted by Crippen LogP contribution is -2.32. The highest BCUT2D eigenvalue weighted by Gasteiger charge is 2.44. The lowest BCUT2D eigenvalue weighted by atomic mass is 9.64. The maximum atomic E-state index is 10.4. The van der Waals surface area contributed by atoms with E-state index in [1.54, 1.807) is 5.57 Å². The molecular weight excluding hydrogens is 368 g/mol. The van der Waals surface area contributed by atoms with Crippen LogP contribution in [-0.2, 0) is 4.74 Å². The van der Waals surface area contributed by atoms with Crippen LogP contribution in [0.15, 0.2) is 59.3 Å². The Balaban J connectivity index is 1.59. The van der Waals surface area contributed by atoms with Crippen molar-refractivity contribution >= 4 is 0 Å². The summed E-state index contributed by atoms with van der Waals surface area (Å²) in [5, 5.41) is 10.4. The van der Waals surface area contributed by atoms with Gasteiger partial charge in [-0.05, 0) is 86.7 Å². The molecule has 0 aromatic carbocycles. The summed E-state index contributed by atoms with van der Waals surface area (Å²) in [4.78, 5) is 0. The van der Waals surface area contributed by atoms with E-state index >= 15 is 0 Å². The summed E-state index contributed by atoms with van der Waals surface area (Å²) in [6.45, 7) is 12.0. The number of fused-ring (bicyclic) bond motifs is 1.